The van der Waals surface area contributed by atoms with Crippen molar-refractivity contribution in [1.29, 1.82) is 0 Å². The molecule has 6 atom stereocenters. The van der Waals surface area contributed by atoms with Gasteiger partial charge in [0.25, 0.3) is 0 Å². The molecule has 0 amide bonds. The highest BCUT2D eigenvalue weighted by Crippen LogP contribution is 2.74. The lowest BCUT2D eigenvalue weighted by molar-refractivity contribution is -0.0674. The molecule has 6 aliphatic carbocycles. The minimum Gasteiger partial charge on any atom is -0.0848 e. The van der Waals surface area contributed by atoms with E-state index in [1.807, 2.05) is 0 Å². The molecule has 0 aromatic carbocycles. The van der Waals surface area contributed by atoms with E-state index in [0.29, 0.717) is 21.7 Å². The van der Waals surface area contributed by atoms with Gasteiger partial charge in [-0.2, -0.15) is 0 Å². The summed E-state index contributed by atoms with van der Waals surface area (Å²) in [4.78, 5) is 0. The van der Waals surface area contributed by atoms with Crippen molar-refractivity contribution in [3.05, 3.63) is 36.5 Å². The van der Waals surface area contributed by atoms with Crippen LogP contribution in [0.15, 0.2) is 36.5 Å². The predicted molar refractivity (Wildman–Crippen MR) is 104 cm³/mol. The van der Waals surface area contributed by atoms with Gasteiger partial charge in [-0.1, -0.05) is 50.3 Å². The molecule has 3 saturated carbocycles. The van der Waals surface area contributed by atoms with E-state index in [9.17, 15) is 0 Å². The average molecular weight is 335 g/mol. The van der Waals surface area contributed by atoms with Crippen LogP contribution >= 0.6 is 0 Å². The molecular formula is C25H34. The first-order valence-electron chi connectivity index (χ1n) is 11.1. The minimum absolute atomic E-state index is 0.405. The molecule has 0 saturated heterocycles. The molecule has 6 bridgehead atoms. The van der Waals surface area contributed by atoms with Gasteiger partial charge in [-0.3, -0.25) is 0 Å². The summed E-state index contributed by atoms with van der Waals surface area (Å²) >= 11 is 0. The molecule has 0 radical (unpaired) electrons. The smallest absolute Gasteiger partial charge is 0.00579 e. The molecule has 0 aromatic rings. The third-order valence-electron chi connectivity index (χ3n) is 10.1. The molecule has 3 fully saturated rings. The first-order valence-corrected chi connectivity index (χ1v) is 11.1. The van der Waals surface area contributed by atoms with Crippen molar-refractivity contribution in [3.63, 3.8) is 0 Å². The summed E-state index contributed by atoms with van der Waals surface area (Å²) < 4.78 is 0. The Kier molecular flexibility index (Phi) is 2.78. The SMILES string of the molecule is CC(C)(C(C12C=CC(CC1)C2)C12C=CC(CC1)C2)C12C=CC(CC1)C2. The first-order chi connectivity index (χ1) is 12.0. The molecule has 134 valence electrons. The number of hydrogen-bond donors (Lipinski definition) is 0. The summed E-state index contributed by atoms with van der Waals surface area (Å²) in [6, 6.07) is 0. The fraction of sp³-hybridized carbons (Fsp3) is 0.760. The lowest BCUT2D eigenvalue weighted by atomic mass is 9.45. The van der Waals surface area contributed by atoms with E-state index >= 15 is 0 Å². The highest BCUT2D eigenvalue weighted by Gasteiger charge is 2.66. The van der Waals surface area contributed by atoms with Crippen molar-refractivity contribution in [2.24, 2.45) is 45.3 Å². The lowest BCUT2D eigenvalue weighted by Crippen LogP contribution is -2.52. The molecule has 0 aliphatic heterocycles. The number of hydrogen-bond acceptors (Lipinski definition) is 0. The van der Waals surface area contributed by atoms with Gasteiger partial charge in [0, 0.05) is 0 Å². The van der Waals surface area contributed by atoms with Gasteiger partial charge in [-0.25, -0.2) is 0 Å². The number of allylic oxidation sites excluding steroid dienone is 6. The standard InChI is InChI=1S/C25H34/c1-22(2,25-13-7-20(17-25)8-14-25)21(23-9-3-18(15-23)4-10-23)24-11-5-19(16-24)6-12-24/h3,5,7,9,11,13,18-21H,4,6,8,10,12,14-17H2,1-2H3. The lowest BCUT2D eigenvalue weighted by Gasteiger charge is -2.58. The van der Waals surface area contributed by atoms with Crippen molar-refractivity contribution >= 4 is 0 Å². The molecule has 6 unspecified atom stereocenters. The molecule has 6 aliphatic rings. The van der Waals surface area contributed by atoms with Crippen LogP contribution in [0.25, 0.3) is 0 Å². The Hall–Kier alpha value is -0.780. The Morgan fingerprint density at radius 3 is 1.56 bits per heavy atom. The fourth-order valence-corrected chi connectivity index (χ4v) is 9.14. The van der Waals surface area contributed by atoms with Crippen molar-refractivity contribution in [2.45, 2.75) is 71.6 Å². The average Bonchev–Trinajstić information content (AvgIpc) is 3.40. The van der Waals surface area contributed by atoms with Gasteiger partial charge in [0.1, 0.15) is 0 Å². The topological polar surface area (TPSA) is 0 Å². The summed E-state index contributed by atoms with van der Waals surface area (Å²) in [5.41, 5.74) is 1.89. The van der Waals surface area contributed by atoms with Crippen LogP contribution < -0.4 is 0 Å². The highest BCUT2D eigenvalue weighted by molar-refractivity contribution is 5.31. The second-order valence-electron chi connectivity index (χ2n) is 11.4. The van der Waals surface area contributed by atoms with Crippen LogP contribution in [0.4, 0.5) is 0 Å². The van der Waals surface area contributed by atoms with E-state index < -0.39 is 0 Å². The van der Waals surface area contributed by atoms with Gasteiger partial charge < -0.3 is 0 Å². The van der Waals surface area contributed by atoms with Gasteiger partial charge in [0.15, 0.2) is 0 Å². The predicted octanol–water partition coefficient (Wildman–Crippen LogP) is 6.70. The van der Waals surface area contributed by atoms with Gasteiger partial charge in [0.2, 0.25) is 0 Å². The van der Waals surface area contributed by atoms with E-state index in [-0.39, 0.29) is 0 Å². The van der Waals surface area contributed by atoms with E-state index in [1.54, 1.807) is 0 Å². The van der Waals surface area contributed by atoms with Crippen molar-refractivity contribution in [3.8, 4) is 0 Å². The number of fused-ring (bicyclic) bond motifs is 6. The molecule has 0 N–H and O–H groups in total. The van der Waals surface area contributed by atoms with Crippen LogP contribution in [0.2, 0.25) is 0 Å². The van der Waals surface area contributed by atoms with Crippen LogP contribution in [0.1, 0.15) is 71.6 Å². The maximum atomic E-state index is 2.73. The Morgan fingerprint density at radius 1 is 0.720 bits per heavy atom. The zero-order valence-electron chi connectivity index (χ0n) is 16.1. The maximum absolute atomic E-state index is 2.73. The zero-order valence-corrected chi connectivity index (χ0v) is 16.1. The maximum Gasteiger partial charge on any atom is -0.00579 e. The monoisotopic (exact) mass is 334 g/mol. The molecule has 0 aromatic heterocycles. The Balaban J connectivity index is 1.50. The molecule has 6 rings (SSSR count). The first kappa shape index (κ1) is 15.3. The molecule has 0 spiro atoms. The molecule has 25 heavy (non-hydrogen) atoms. The van der Waals surface area contributed by atoms with Gasteiger partial charge in [-0.15, -0.1) is 0 Å². The van der Waals surface area contributed by atoms with Crippen LogP contribution in [0.3, 0.4) is 0 Å². The Labute approximate surface area is 153 Å². The third-order valence-corrected chi connectivity index (χ3v) is 10.1. The van der Waals surface area contributed by atoms with Gasteiger partial charge >= 0.3 is 0 Å². The largest absolute Gasteiger partial charge is 0.0848 e. The van der Waals surface area contributed by atoms with Crippen LogP contribution in [0, 0.1) is 45.3 Å². The Morgan fingerprint density at radius 2 is 1.24 bits per heavy atom. The van der Waals surface area contributed by atoms with Crippen molar-refractivity contribution in [1.82, 2.24) is 0 Å². The normalized spacial score (nSPS) is 52.8. The second-order valence-corrected chi connectivity index (χ2v) is 11.4. The summed E-state index contributed by atoms with van der Waals surface area (Å²) in [7, 11) is 0. The van der Waals surface area contributed by atoms with E-state index in [1.165, 1.54) is 57.8 Å². The van der Waals surface area contributed by atoms with E-state index in [2.05, 4.69) is 50.3 Å². The highest BCUT2D eigenvalue weighted by atomic mass is 14.7. The van der Waals surface area contributed by atoms with Crippen LogP contribution in [0.5, 0.6) is 0 Å². The number of rotatable bonds is 4. The van der Waals surface area contributed by atoms with E-state index in [4.69, 9.17) is 0 Å². The quantitative estimate of drug-likeness (QED) is 0.502. The summed E-state index contributed by atoms with van der Waals surface area (Å²) in [5, 5.41) is 0. The molecule has 0 heteroatoms. The second kappa shape index (κ2) is 4.55. The van der Waals surface area contributed by atoms with Crippen LogP contribution in [-0.4, -0.2) is 0 Å². The molecule has 0 nitrogen and oxygen atoms in total. The zero-order chi connectivity index (χ0) is 16.9. The Bertz CT molecular complexity index is 657. The minimum atomic E-state index is 0.405. The fourth-order valence-electron chi connectivity index (χ4n) is 9.14. The van der Waals surface area contributed by atoms with Crippen molar-refractivity contribution < 1.29 is 0 Å². The van der Waals surface area contributed by atoms with E-state index in [0.717, 1.165) is 23.7 Å². The summed E-state index contributed by atoms with van der Waals surface area (Å²) in [6.45, 7) is 5.39. The molecular weight excluding hydrogens is 300 g/mol. The van der Waals surface area contributed by atoms with Gasteiger partial charge in [-0.05, 0) is 103 Å². The summed E-state index contributed by atoms with van der Waals surface area (Å²) in [6.07, 6.45) is 29.0. The van der Waals surface area contributed by atoms with Crippen molar-refractivity contribution in [2.75, 3.05) is 0 Å². The summed E-state index contributed by atoms with van der Waals surface area (Å²) in [5.74, 6) is 3.51. The molecule has 0 heterocycles. The third kappa shape index (κ3) is 1.75. The van der Waals surface area contributed by atoms with Crippen LogP contribution in [-0.2, 0) is 0 Å². The van der Waals surface area contributed by atoms with Gasteiger partial charge in [0.05, 0.1) is 0 Å².